The first kappa shape index (κ1) is 49.9. The van der Waals surface area contributed by atoms with Gasteiger partial charge in [0.25, 0.3) is 0 Å². The maximum absolute atomic E-state index is 2.45. The summed E-state index contributed by atoms with van der Waals surface area (Å²) in [4.78, 5) is 0. The van der Waals surface area contributed by atoms with E-state index < -0.39 is 0 Å². The van der Waals surface area contributed by atoms with Crippen LogP contribution in [0.5, 0.6) is 0 Å². The second-order valence-corrected chi connectivity index (χ2v) is 13.7. The molecule has 0 saturated heterocycles. The van der Waals surface area contributed by atoms with Crippen LogP contribution in [0.25, 0.3) is 0 Å². The predicted octanol–water partition coefficient (Wildman–Crippen LogP) is 17.0. The topological polar surface area (TPSA) is 0 Å². The lowest BCUT2D eigenvalue weighted by molar-refractivity contribution is 0.210. The first-order valence-corrected chi connectivity index (χ1v) is 20.1. The molecule has 4 aliphatic rings. The molecule has 0 heteroatoms. The normalized spacial score (nSPS) is 24.5. The number of hydrogen-bond donors (Lipinski definition) is 0. The van der Waals surface area contributed by atoms with Gasteiger partial charge in [-0.2, -0.15) is 0 Å². The number of hydrogen-bond acceptors (Lipinski definition) is 0. The van der Waals surface area contributed by atoms with Crippen LogP contribution in [0.15, 0.2) is 0 Å². The Morgan fingerprint density at radius 3 is 0.651 bits per heavy atom. The van der Waals surface area contributed by atoms with E-state index in [2.05, 4.69) is 20.8 Å². The molecule has 0 heterocycles. The highest BCUT2D eigenvalue weighted by Gasteiger charge is 2.23. The third kappa shape index (κ3) is 31.8. The first-order chi connectivity index (χ1) is 20.1. The molecule has 0 aromatic heterocycles. The van der Waals surface area contributed by atoms with Crippen LogP contribution in [-0.4, -0.2) is 0 Å². The van der Waals surface area contributed by atoms with Crippen LogP contribution in [0, 0.1) is 29.6 Å². The second-order valence-electron chi connectivity index (χ2n) is 13.7. The third-order valence-corrected chi connectivity index (χ3v) is 10.1. The smallest absolute Gasteiger partial charge is 0.0386 e. The predicted molar refractivity (Wildman–Crippen MR) is 207 cm³/mol. The van der Waals surface area contributed by atoms with Crippen LogP contribution < -0.4 is 0 Å². The summed E-state index contributed by atoms with van der Waals surface area (Å²) in [5.74, 6) is 5.24. The molecule has 0 aromatic carbocycles. The van der Waals surface area contributed by atoms with Gasteiger partial charge in [-0.25, -0.2) is 0 Å². The Morgan fingerprint density at radius 2 is 0.395 bits per heavy atom. The number of rotatable bonds is 1. The van der Waals surface area contributed by atoms with Crippen molar-refractivity contribution < 1.29 is 0 Å². The van der Waals surface area contributed by atoms with Gasteiger partial charge in [0, 0.05) is 0 Å². The fourth-order valence-corrected chi connectivity index (χ4v) is 7.50. The van der Waals surface area contributed by atoms with E-state index in [-0.39, 0.29) is 14.9 Å². The Kier molecular flexibility index (Phi) is 46.4. The zero-order valence-corrected chi connectivity index (χ0v) is 31.0. The summed E-state index contributed by atoms with van der Waals surface area (Å²) in [6.45, 7) is 19.2. The largest absolute Gasteiger partial charge is 0.0776 e. The van der Waals surface area contributed by atoms with Crippen molar-refractivity contribution in [3.05, 3.63) is 0 Å². The fraction of sp³-hybridized carbons (Fsp3) is 1.00. The van der Waals surface area contributed by atoms with Crippen LogP contribution in [0.4, 0.5) is 0 Å². The zero-order chi connectivity index (χ0) is 31.0. The van der Waals surface area contributed by atoms with E-state index in [0.29, 0.717) is 0 Å². The van der Waals surface area contributed by atoms with Gasteiger partial charge in [-0.05, 0) is 29.6 Å². The van der Waals surface area contributed by atoms with E-state index in [1.165, 1.54) is 148 Å². The van der Waals surface area contributed by atoms with Crippen LogP contribution in [0.1, 0.15) is 251 Å². The van der Waals surface area contributed by atoms with Gasteiger partial charge in [0.05, 0.1) is 0 Å². The van der Waals surface area contributed by atoms with Gasteiger partial charge in [-0.3, -0.25) is 0 Å². The molecule has 4 saturated carbocycles. The summed E-state index contributed by atoms with van der Waals surface area (Å²) < 4.78 is 0. The minimum atomic E-state index is 0. The average molecular weight is 611 g/mol. The molecule has 43 heavy (non-hydrogen) atoms. The molecule has 0 aromatic rings. The zero-order valence-electron chi connectivity index (χ0n) is 31.0. The van der Waals surface area contributed by atoms with Gasteiger partial charge < -0.3 is 0 Å². The molecular weight excluding hydrogens is 516 g/mol. The quantitative estimate of drug-likeness (QED) is 0.277. The third-order valence-electron chi connectivity index (χ3n) is 10.1. The molecule has 0 amide bonds. The van der Waals surface area contributed by atoms with Crippen molar-refractivity contribution in [1.82, 2.24) is 0 Å². The van der Waals surface area contributed by atoms with Crippen molar-refractivity contribution in [1.29, 1.82) is 0 Å². The van der Waals surface area contributed by atoms with Gasteiger partial charge in [-0.15, -0.1) is 0 Å². The minimum absolute atomic E-state index is 0. The minimum Gasteiger partial charge on any atom is -0.0776 e. The van der Waals surface area contributed by atoms with Gasteiger partial charge in [-0.1, -0.05) is 251 Å². The van der Waals surface area contributed by atoms with Gasteiger partial charge in [0.15, 0.2) is 0 Å². The van der Waals surface area contributed by atoms with E-state index in [1.807, 2.05) is 41.5 Å². The van der Waals surface area contributed by atoms with Crippen LogP contribution in [0.2, 0.25) is 0 Å². The summed E-state index contributed by atoms with van der Waals surface area (Å²) in [6, 6.07) is 0. The summed E-state index contributed by atoms with van der Waals surface area (Å²) in [7, 11) is 0. The monoisotopic (exact) mass is 611 g/mol. The standard InChI is InChI=1S/C17H32.2C9H18.3C2H6.2CH4/c1-15-9-7-13-17(14-8-10-15)16-11-5-3-2-4-6-12-16;2*1-9-7-5-3-2-4-6-8-9;3*1-2;;/h15-17H,2-14H2,1H3;2*9H,2-8H2,1H3;3*1-2H3;2*1H4. The first-order valence-electron chi connectivity index (χ1n) is 20.1. The Morgan fingerprint density at radius 1 is 0.233 bits per heavy atom. The van der Waals surface area contributed by atoms with Crippen molar-refractivity contribution in [2.24, 2.45) is 29.6 Å². The highest BCUT2D eigenvalue weighted by atomic mass is 14.3. The lowest BCUT2D eigenvalue weighted by Gasteiger charge is -2.31. The van der Waals surface area contributed by atoms with E-state index in [4.69, 9.17) is 0 Å². The van der Waals surface area contributed by atoms with E-state index in [0.717, 1.165) is 29.6 Å². The molecular formula is C43H94. The molecule has 4 rings (SSSR count). The van der Waals surface area contributed by atoms with E-state index >= 15 is 0 Å². The lowest BCUT2D eigenvalue weighted by Crippen LogP contribution is -2.18. The fourth-order valence-electron chi connectivity index (χ4n) is 7.50. The highest BCUT2D eigenvalue weighted by molar-refractivity contribution is 4.75. The summed E-state index contributed by atoms with van der Waals surface area (Å²) >= 11 is 0. The molecule has 0 nitrogen and oxygen atoms in total. The molecule has 4 aliphatic carbocycles. The lowest BCUT2D eigenvalue weighted by atomic mass is 9.75. The molecule has 0 spiro atoms. The molecule has 0 unspecified atom stereocenters. The second kappa shape index (κ2) is 40.0. The molecule has 0 atom stereocenters. The summed E-state index contributed by atoms with van der Waals surface area (Å²) in [6.07, 6.45) is 40.7. The van der Waals surface area contributed by atoms with Crippen molar-refractivity contribution in [2.75, 3.05) is 0 Å². The van der Waals surface area contributed by atoms with Crippen molar-refractivity contribution in [3.63, 3.8) is 0 Å². The molecule has 0 N–H and O–H groups in total. The SMILES string of the molecule is C.C.CC.CC.CC.CC1CCCC(C2CCCCCCC2)CCC1.CC1CCCCCCC1.CC1CCCCCCC1. The van der Waals surface area contributed by atoms with Gasteiger partial charge in [0.2, 0.25) is 0 Å². The van der Waals surface area contributed by atoms with Crippen LogP contribution >= 0.6 is 0 Å². The Balaban J connectivity index is -0.000000253. The summed E-state index contributed by atoms with van der Waals surface area (Å²) in [5, 5.41) is 0. The summed E-state index contributed by atoms with van der Waals surface area (Å²) in [5.41, 5.74) is 0. The molecule has 0 bridgehead atoms. The molecule has 0 aliphatic heterocycles. The average Bonchev–Trinajstić information content (AvgIpc) is 2.95. The van der Waals surface area contributed by atoms with Crippen molar-refractivity contribution in [3.8, 4) is 0 Å². The Hall–Kier alpha value is 0. The highest BCUT2D eigenvalue weighted by Crippen LogP contribution is 2.36. The maximum atomic E-state index is 2.45. The Labute approximate surface area is 279 Å². The van der Waals surface area contributed by atoms with Crippen LogP contribution in [-0.2, 0) is 0 Å². The molecule has 266 valence electrons. The Bertz CT molecular complexity index is 399. The van der Waals surface area contributed by atoms with Crippen LogP contribution in [0.3, 0.4) is 0 Å². The van der Waals surface area contributed by atoms with Crippen molar-refractivity contribution >= 4 is 0 Å². The van der Waals surface area contributed by atoms with Crippen molar-refractivity contribution in [2.45, 2.75) is 251 Å². The van der Waals surface area contributed by atoms with Gasteiger partial charge in [0.1, 0.15) is 0 Å². The van der Waals surface area contributed by atoms with Gasteiger partial charge >= 0.3 is 0 Å². The molecule has 0 radical (unpaired) electrons. The van der Waals surface area contributed by atoms with E-state index in [1.54, 1.807) is 25.7 Å². The van der Waals surface area contributed by atoms with E-state index in [9.17, 15) is 0 Å². The maximum Gasteiger partial charge on any atom is -0.0386 e. The molecule has 4 fully saturated rings.